The number of hydrogen-bond acceptors (Lipinski definition) is 5. The summed E-state index contributed by atoms with van der Waals surface area (Å²) in [7, 11) is 0. The van der Waals surface area contributed by atoms with E-state index in [1.165, 1.54) is 18.5 Å². The lowest BCUT2D eigenvalue weighted by Crippen LogP contribution is -2.42. The molecule has 31 heavy (non-hydrogen) atoms. The minimum absolute atomic E-state index is 0.325. The quantitative estimate of drug-likeness (QED) is 0.747. The van der Waals surface area contributed by atoms with Crippen LogP contribution in [0.15, 0.2) is 12.3 Å². The Morgan fingerprint density at radius 3 is 2.61 bits per heavy atom. The van der Waals surface area contributed by atoms with Crippen molar-refractivity contribution in [2.75, 3.05) is 39.4 Å². The fraction of sp³-hybridized carbons (Fsp3) is 0.750. The van der Waals surface area contributed by atoms with Gasteiger partial charge in [-0.2, -0.15) is 18.3 Å². The van der Waals surface area contributed by atoms with Crippen LogP contribution in [0.2, 0.25) is 0 Å². The highest BCUT2D eigenvalue weighted by molar-refractivity contribution is 5.78. The molecule has 174 valence electrons. The van der Waals surface area contributed by atoms with Gasteiger partial charge in [-0.05, 0) is 37.7 Å². The van der Waals surface area contributed by atoms with Crippen LogP contribution in [0.25, 0.3) is 0 Å². The Balaban J connectivity index is 0.000000339. The van der Waals surface area contributed by atoms with Crippen LogP contribution in [-0.4, -0.2) is 82.1 Å². The van der Waals surface area contributed by atoms with E-state index in [9.17, 15) is 18.0 Å². The van der Waals surface area contributed by atoms with Crippen molar-refractivity contribution in [1.29, 1.82) is 0 Å². The first kappa shape index (κ1) is 23.5. The Bertz CT molecular complexity index is 749. The van der Waals surface area contributed by atoms with E-state index in [2.05, 4.69) is 20.7 Å². The Hall–Kier alpha value is -2.14. The highest BCUT2D eigenvalue weighted by Crippen LogP contribution is 2.26. The van der Waals surface area contributed by atoms with E-state index in [0.717, 1.165) is 71.1 Å². The van der Waals surface area contributed by atoms with Crippen molar-refractivity contribution < 1.29 is 32.6 Å². The molecular weight excluding hydrogens is 417 g/mol. The van der Waals surface area contributed by atoms with Gasteiger partial charge in [-0.25, -0.2) is 4.79 Å². The summed E-state index contributed by atoms with van der Waals surface area (Å²) in [4.78, 5) is 25.4. The van der Waals surface area contributed by atoms with E-state index in [1.807, 2.05) is 11.1 Å². The standard InChI is InChI=1S/C18H28N4O2.C2HF3O2/c23-18-2-1-8-21(18)9-4-17-14-20(12-15-5-10-24-11-6-15)13-16-3-7-19-22(16)17;3-2(4,5)1(6)7/h3,7,15,17H,1-2,4-6,8-14H2;(H,6,7). The molecule has 1 atom stereocenters. The Labute approximate surface area is 178 Å². The topological polar surface area (TPSA) is 87.9 Å². The molecule has 11 heteroatoms. The molecule has 2 saturated heterocycles. The fourth-order valence-corrected chi connectivity index (χ4v) is 4.36. The Morgan fingerprint density at radius 1 is 1.29 bits per heavy atom. The zero-order chi connectivity index (χ0) is 22.4. The van der Waals surface area contributed by atoms with Crippen LogP contribution in [0.1, 0.15) is 43.8 Å². The first-order valence-electron chi connectivity index (χ1n) is 10.6. The number of aliphatic carboxylic acids is 1. The van der Waals surface area contributed by atoms with Crippen LogP contribution in [0.3, 0.4) is 0 Å². The molecular formula is C20H29F3N4O4. The maximum atomic E-state index is 11.9. The van der Waals surface area contributed by atoms with E-state index in [0.29, 0.717) is 11.9 Å². The highest BCUT2D eigenvalue weighted by Gasteiger charge is 2.38. The lowest BCUT2D eigenvalue weighted by molar-refractivity contribution is -0.192. The Morgan fingerprint density at radius 2 is 2.00 bits per heavy atom. The van der Waals surface area contributed by atoms with Gasteiger partial charge in [0.05, 0.1) is 11.7 Å². The van der Waals surface area contributed by atoms with E-state index in [4.69, 9.17) is 14.6 Å². The van der Waals surface area contributed by atoms with Gasteiger partial charge in [0.2, 0.25) is 5.91 Å². The number of carbonyl (C=O) groups is 2. The molecule has 0 bridgehead atoms. The monoisotopic (exact) mass is 446 g/mol. The minimum Gasteiger partial charge on any atom is -0.475 e. The SMILES string of the molecule is O=C(O)C(F)(F)F.O=C1CCCN1CCC1CN(CC2CCOCC2)Cc2ccnn21. The molecule has 0 spiro atoms. The van der Waals surface area contributed by atoms with Gasteiger partial charge < -0.3 is 14.7 Å². The van der Waals surface area contributed by atoms with E-state index in [1.54, 1.807) is 0 Å². The van der Waals surface area contributed by atoms with Crippen LogP contribution in [0.4, 0.5) is 13.2 Å². The van der Waals surface area contributed by atoms with E-state index >= 15 is 0 Å². The Kier molecular flexibility index (Phi) is 7.93. The summed E-state index contributed by atoms with van der Waals surface area (Å²) in [6.07, 6.45) is 1.96. The van der Waals surface area contributed by atoms with Crippen molar-refractivity contribution in [3.05, 3.63) is 18.0 Å². The van der Waals surface area contributed by atoms with Crippen LogP contribution in [0.5, 0.6) is 0 Å². The molecule has 1 N–H and O–H groups in total. The number of hydrogen-bond donors (Lipinski definition) is 1. The summed E-state index contributed by atoms with van der Waals surface area (Å²) in [6, 6.07) is 2.53. The molecule has 4 rings (SSSR count). The number of carbonyl (C=O) groups excluding carboxylic acids is 1. The first-order chi connectivity index (χ1) is 14.7. The van der Waals surface area contributed by atoms with Gasteiger partial charge in [0, 0.05) is 58.6 Å². The summed E-state index contributed by atoms with van der Waals surface area (Å²) < 4.78 is 39.4. The van der Waals surface area contributed by atoms with Gasteiger partial charge in [-0.15, -0.1) is 0 Å². The number of fused-ring (bicyclic) bond motifs is 1. The molecule has 0 saturated carbocycles. The third-order valence-corrected chi connectivity index (χ3v) is 5.96. The number of aromatic nitrogens is 2. The number of carboxylic acids is 1. The number of rotatable bonds is 5. The maximum Gasteiger partial charge on any atom is 0.490 e. The molecule has 8 nitrogen and oxygen atoms in total. The molecule has 2 fully saturated rings. The number of nitrogens with zero attached hydrogens (tertiary/aromatic N) is 4. The summed E-state index contributed by atoms with van der Waals surface area (Å²) in [5.74, 6) is -1.67. The molecule has 0 radical (unpaired) electrons. The largest absolute Gasteiger partial charge is 0.490 e. The number of likely N-dealkylation sites (tertiary alicyclic amines) is 1. The predicted molar refractivity (Wildman–Crippen MR) is 104 cm³/mol. The second-order valence-corrected chi connectivity index (χ2v) is 8.25. The second kappa shape index (κ2) is 10.4. The van der Waals surface area contributed by atoms with E-state index < -0.39 is 12.1 Å². The summed E-state index contributed by atoms with van der Waals surface area (Å²) in [5.41, 5.74) is 1.31. The molecule has 3 aliphatic heterocycles. The lowest BCUT2D eigenvalue weighted by atomic mass is 9.98. The molecule has 1 aromatic heterocycles. The number of ether oxygens (including phenoxy) is 1. The van der Waals surface area contributed by atoms with Gasteiger partial charge in [0.25, 0.3) is 0 Å². The van der Waals surface area contributed by atoms with Gasteiger partial charge in [0.1, 0.15) is 0 Å². The predicted octanol–water partition coefficient (Wildman–Crippen LogP) is 2.31. The normalized spacial score (nSPS) is 22.7. The molecule has 1 amide bonds. The number of amides is 1. The van der Waals surface area contributed by atoms with Crippen LogP contribution < -0.4 is 0 Å². The average molecular weight is 446 g/mol. The molecule has 4 heterocycles. The summed E-state index contributed by atoms with van der Waals surface area (Å²) >= 11 is 0. The number of halogens is 3. The smallest absolute Gasteiger partial charge is 0.475 e. The average Bonchev–Trinajstić information content (AvgIpc) is 3.35. The van der Waals surface area contributed by atoms with Gasteiger partial charge >= 0.3 is 12.1 Å². The van der Waals surface area contributed by atoms with Crippen molar-refractivity contribution in [3.63, 3.8) is 0 Å². The van der Waals surface area contributed by atoms with Crippen molar-refractivity contribution in [2.45, 2.75) is 50.9 Å². The minimum atomic E-state index is -5.08. The maximum absolute atomic E-state index is 11.9. The summed E-state index contributed by atoms with van der Waals surface area (Å²) in [6.45, 7) is 6.84. The molecule has 1 aromatic rings. The van der Waals surface area contributed by atoms with Gasteiger partial charge in [-0.3, -0.25) is 14.4 Å². The number of alkyl halides is 3. The third-order valence-electron chi connectivity index (χ3n) is 5.96. The molecule has 3 aliphatic rings. The lowest BCUT2D eigenvalue weighted by Gasteiger charge is -2.37. The van der Waals surface area contributed by atoms with Crippen molar-refractivity contribution >= 4 is 11.9 Å². The van der Waals surface area contributed by atoms with E-state index in [-0.39, 0.29) is 0 Å². The number of carboxylic acid groups (broad SMARTS) is 1. The van der Waals surface area contributed by atoms with Crippen molar-refractivity contribution in [2.24, 2.45) is 5.92 Å². The van der Waals surface area contributed by atoms with Crippen molar-refractivity contribution in [1.82, 2.24) is 19.6 Å². The fourth-order valence-electron chi connectivity index (χ4n) is 4.36. The van der Waals surface area contributed by atoms with Gasteiger partial charge in [0.15, 0.2) is 0 Å². The van der Waals surface area contributed by atoms with Gasteiger partial charge in [-0.1, -0.05) is 0 Å². The second-order valence-electron chi connectivity index (χ2n) is 8.25. The summed E-state index contributed by atoms with van der Waals surface area (Å²) in [5, 5.41) is 11.7. The molecule has 0 aromatic carbocycles. The first-order valence-corrected chi connectivity index (χ1v) is 10.6. The zero-order valence-corrected chi connectivity index (χ0v) is 17.4. The third kappa shape index (κ3) is 6.67. The highest BCUT2D eigenvalue weighted by atomic mass is 19.4. The van der Waals surface area contributed by atoms with Crippen LogP contribution >= 0.6 is 0 Å². The zero-order valence-electron chi connectivity index (χ0n) is 17.4. The molecule has 0 aliphatic carbocycles. The molecule has 1 unspecified atom stereocenters. The van der Waals surface area contributed by atoms with Crippen LogP contribution in [0, 0.1) is 5.92 Å². The van der Waals surface area contributed by atoms with Crippen LogP contribution in [-0.2, 0) is 20.9 Å². The van der Waals surface area contributed by atoms with Crippen molar-refractivity contribution in [3.8, 4) is 0 Å².